The number of carbonyl (C=O) groups excluding carboxylic acids is 2. The fourth-order valence-electron chi connectivity index (χ4n) is 0.437. The summed E-state index contributed by atoms with van der Waals surface area (Å²) in [5, 5.41) is 0. The van der Waals surface area contributed by atoms with E-state index < -0.39 is 11.9 Å². The largest absolute Gasteiger partial charge is 0.386 e. The van der Waals surface area contributed by atoms with Gasteiger partial charge in [-0.15, -0.1) is 0 Å². The fourth-order valence-corrected chi connectivity index (χ4v) is 0.437. The van der Waals surface area contributed by atoms with Gasteiger partial charge in [0.2, 0.25) is 0 Å². The minimum absolute atomic E-state index is 0.370. The Hall–Kier alpha value is -1.12. The van der Waals surface area contributed by atoms with Crippen molar-refractivity contribution in [2.75, 3.05) is 0 Å². The molecule has 1 rings (SSSR count). The number of cyclic esters (lactones) is 2. The van der Waals surface area contributed by atoms with E-state index in [1.165, 1.54) is 13.0 Å². The Balaban J connectivity index is 0. The van der Waals surface area contributed by atoms with E-state index in [0.717, 1.165) is 0 Å². The highest BCUT2D eigenvalue weighted by Crippen LogP contribution is 2.04. The third-order valence-electron chi connectivity index (χ3n) is 0.850. The molecule has 0 bridgehead atoms. The molecule has 1 heterocycles. The van der Waals surface area contributed by atoms with Gasteiger partial charge in [0.25, 0.3) is 0 Å². The average molecular weight is 172 g/mol. The van der Waals surface area contributed by atoms with Crippen molar-refractivity contribution in [2.24, 2.45) is 0 Å². The van der Waals surface area contributed by atoms with Gasteiger partial charge in [-0.2, -0.15) is 0 Å². The topological polar surface area (TPSA) is 43.4 Å². The number of rotatable bonds is 0. The number of hydrogen-bond acceptors (Lipinski definition) is 3. The lowest BCUT2D eigenvalue weighted by Crippen LogP contribution is -1.99. The summed E-state index contributed by atoms with van der Waals surface area (Å²) >= 11 is 0. The molecule has 0 aromatic carbocycles. The first-order valence-electron chi connectivity index (χ1n) is 4.14. The van der Waals surface area contributed by atoms with Crippen LogP contribution in [0.5, 0.6) is 0 Å². The lowest BCUT2D eigenvalue weighted by Gasteiger charge is -1.83. The smallest absolute Gasteiger partial charge is 0.341 e. The third kappa shape index (κ3) is 4.66. The molecule has 0 fully saturated rings. The summed E-state index contributed by atoms with van der Waals surface area (Å²) < 4.78 is 4.10. The molecule has 0 N–H and O–H groups in total. The molecule has 12 heavy (non-hydrogen) atoms. The Kier molecular flexibility index (Phi) is 8.96. The summed E-state index contributed by atoms with van der Waals surface area (Å²) in [6, 6.07) is 0. The Bertz CT molecular complexity index is 180. The van der Waals surface area contributed by atoms with Gasteiger partial charge >= 0.3 is 11.9 Å². The van der Waals surface area contributed by atoms with Gasteiger partial charge in [0.1, 0.15) is 0 Å². The summed E-state index contributed by atoms with van der Waals surface area (Å²) in [6.45, 7) is 9.53. The molecule has 1 aliphatic heterocycles. The standard InChI is InChI=1S/C5H4O3.2C2H6/c1-3-2-4(6)8-5(3)7;2*1-2/h2H,1H3;2*1-2H3. The highest BCUT2D eigenvalue weighted by atomic mass is 16.6. The van der Waals surface area contributed by atoms with Crippen LogP contribution in [0, 0.1) is 0 Å². The van der Waals surface area contributed by atoms with E-state index in [-0.39, 0.29) is 0 Å². The Labute approximate surface area is 73.4 Å². The van der Waals surface area contributed by atoms with Crippen molar-refractivity contribution in [1.82, 2.24) is 0 Å². The van der Waals surface area contributed by atoms with Crippen LogP contribution in [0.4, 0.5) is 0 Å². The number of ether oxygens (including phenoxy) is 1. The minimum Gasteiger partial charge on any atom is -0.386 e. The van der Waals surface area contributed by atoms with Crippen LogP contribution in [0.3, 0.4) is 0 Å². The first-order chi connectivity index (χ1) is 5.70. The molecule has 0 unspecified atom stereocenters. The predicted molar refractivity (Wildman–Crippen MR) is 47.6 cm³/mol. The van der Waals surface area contributed by atoms with Gasteiger partial charge in [-0.3, -0.25) is 0 Å². The van der Waals surface area contributed by atoms with Gasteiger partial charge in [-0.05, 0) is 6.92 Å². The van der Waals surface area contributed by atoms with E-state index >= 15 is 0 Å². The van der Waals surface area contributed by atoms with E-state index in [1.54, 1.807) is 0 Å². The van der Waals surface area contributed by atoms with Gasteiger partial charge in [0.05, 0.1) is 0 Å². The SMILES string of the molecule is CC.CC.CC1=CC(=O)OC1=O. The maximum absolute atomic E-state index is 10.3. The minimum atomic E-state index is -0.562. The summed E-state index contributed by atoms with van der Waals surface area (Å²) in [6.07, 6.45) is 1.17. The quantitative estimate of drug-likeness (QED) is 0.415. The van der Waals surface area contributed by atoms with Gasteiger partial charge in [-0.1, -0.05) is 27.7 Å². The molecule has 0 spiro atoms. The second-order valence-corrected chi connectivity index (χ2v) is 1.54. The van der Waals surface area contributed by atoms with E-state index in [1.807, 2.05) is 27.7 Å². The average Bonchev–Trinajstić information content (AvgIpc) is 2.37. The van der Waals surface area contributed by atoms with Crippen molar-refractivity contribution in [1.29, 1.82) is 0 Å². The lowest BCUT2D eigenvalue weighted by atomic mass is 10.3. The van der Waals surface area contributed by atoms with Gasteiger partial charge in [-0.25, -0.2) is 9.59 Å². The van der Waals surface area contributed by atoms with E-state index in [9.17, 15) is 9.59 Å². The normalized spacial score (nSPS) is 13.2. The van der Waals surface area contributed by atoms with Gasteiger partial charge < -0.3 is 4.74 Å². The van der Waals surface area contributed by atoms with Crippen LogP contribution in [-0.2, 0) is 14.3 Å². The molecule has 0 amide bonds. The maximum atomic E-state index is 10.3. The third-order valence-corrected chi connectivity index (χ3v) is 0.850. The van der Waals surface area contributed by atoms with Gasteiger partial charge in [0, 0.05) is 11.6 Å². The first-order valence-corrected chi connectivity index (χ1v) is 4.14. The van der Waals surface area contributed by atoms with Crippen molar-refractivity contribution in [2.45, 2.75) is 34.6 Å². The second kappa shape index (κ2) is 7.98. The zero-order valence-electron chi connectivity index (χ0n) is 8.30. The van der Waals surface area contributed by atoms with Crippen molar-refractivity contribution < 1.29 is 14.3 Å². The highest BCUT2D eigenvalue weighted by Gasteiger charge is 2.18. The Morgan fingerprint density at radius 3 is 1.58 bits per heavy atom. The lowest BCUT2D eigenvalue weighted by molar-refractivity contribution is -0.150. The summed E-state index contributed by atoms with van der Waals surface area (Å²) in [5.41, 5.74) is 0.370. The van der Waals surface area contributed by atoms with Crippen LogP contribution in [0.15, 0.2) is 11.6 Å². The van der Waals surface area contributed by atoms with Crippen LogP contribution in [0.2, 0.25) is 0 Å². The van der Waals surface area contributed by atoms with Crippen LogP contribution in [0.1, 0.15) is 34.6 Å². The second-order valence-electron chi connectivity index (χ2n) is 1.54. The monoisotopic (exact) mass is 172 g/mol. The molecule has 0 radical (unpaired) electrons. The molecule has 0 saturated carbocycles. The van der Waals surface area contributed by atoms with Crippen molar-refractivity contribution >= 4 is 11.9 Å². The van der Waals surface area contributed by atoms with Crippen molar-refractivity contribution in [3.05, 3.63) is 11.6 Å². The Morgan fingerprint density at radius 2 is 1.50 bits per heavy atom. The molecule has 0 aliphatic carbocycles. The van der Waals surface area contributed by atoms with Crippen LogP contribution in [-0.4, -0.2) is 11.9 Å². The van der Waals surface area contributed by atoms with Crippen LogP contribution < -0.4 is 0 Å². The van der Waals surface area contributed by atoms with E-state index in [0.29, 0.717) is 5.57 Å². The van der Waals surface area contributed by atoms with Crippen molar-refractivity contribution in [3.8, 4) is 0 Å². The number of carbonyl (C=O) groups is 2. The molecule has 70 valence electrons. The Morgan fingerprint density at radius 1 is 1.08 bits per heavy atom. The molecular weight excluding hydrogens is 156 g/mol. The predicted octanol–water partition coefficient (Wildman–Crippen LogP) is 2.07. The fraction of sp³-hybridized carbons (Fsp3) is 0.556. The zero-order chi connectivity index (χ0) is 10.1. The molecule has 0 saturated heterocycles. The number of esters is 2. The molecule has 3 nitrogen and oxygen atoms in total. The highest BCUT2D eigenvalue weighted by molar-refractivity contribution is 6.08. The summed E-state index contributed by atoms with van der Waals surface area (Å²) in [5.74, 6) is -1.09. The molecule has 3 heteroatoms. The zero-order valence-corrected chi connectivity index (χ0v) is 8.30. The summed E-state index contributed by atoms with van der Waals surface area (Å²) in [7, 11) is 0. The van der Waals surface area contributed by atoms with Crippen LogP contribution in [0.25, 0.3) is 0 Å². The molecule has 1 aliphatic rings. The molecule has 0 aromatic heterocycles. The van der Waals surface area contributed by atoms with E-state index in [2.05, 4.69) is 4.74 Å². The van der Waals surface area contributed by atoms with Gasteiger partial charge in [0.15, 0.2) is 0 Å². The summed E-state index contributed by atoms with van der Waals surface area (Å²) in [4.78, 5) is 20.4. The molecular formula is C9H16O3. The first kappa shape index (κ1) is 13.5. The molecule has 0 atom stereocenters. The number of hydrogen-bond donors (Lipinski definition) is 0. The van der Waals surface area contributed by atoms with Crippen LogP contribution >= 0.6 is 0 Å². The molecule has 0 aromatic rings. The van der Waals surface area contributed by atoms with E-state index in [4.69, 9.17) is 0 Å². The van der Waals surface area contributed by atoms with Crippen molar-refractivity contribution in [3.63, 3.8) is 0 Å². The maximum Gasteiger partial charge on any atom is 0.341 e.